The van der Waals surface area contributed by atoms with E-state index in [9.17, 15) is 18.0 Å². The van der Waals surface area contributed by atoms with Crippen LogP contribution in [0.5, 0.6) is 0 Å². The number of hydrogen-bond donors (Lipinski definition) is 3. The number of allylic oxidation sites excluding steroid dienone is 2. The van der Waals surface area contributed by atoms with Crippen LogP contribution in [0.2, 0.25) is 0 Å². The van der Waals surface area contributed by atoms with Crippen molar-refractivity contribution < 1.29 is 31.4 Å². The van der Waals surface area contributed by atoms with Gasteiger partial charge in [0.1, 0.15) is 17.1 Å². The molecule has 252 valence electrons. The van der Waals surface area contributed by atoms with Crippen LogP contribution >= 0.6 is 0 Å². The first-order chi connectivity index (χ1) is 24.1. The SMILES string of the molecule is C=CC=Cc1coc(-c2ccc(NC(=O)C(Cc3ccc(C(=O)NCCS(=O)(=O)O)cc3)c3ccc(-c4cc5ccccc5o4)cc3)cc2)c1. The Hall–Kier alpha value is -5.97. The van der Waals surface area contributed by atoms with E-state index in [4.69, 9.17) is 13.4 Å². The lowest BCUT2D eigenvalue weighted by Crippen LogP contribution is -2.28. The molecule has 0 radical (unpaired) electrons. The lowest BCUT2D eigenvalue weighted by atomic mass is 9.90. The highest BCUT2D eigenvalue weighted by Crippen LogP contribution is 2.31. The minimum absolute atomic E-state index is 0.212. The average molecular weight is 687 g/mol. The molecular formula is C40H34N2O7S. The molecule has 0 saturated carbocycles. The fourth-order valence-electron chi connectivity index (χ4n) is 5.51. The molecule has 0 saturated heterocycles. The summed E-state index contributed by atoms with van der Waals surface area (Å²) in [5, 5.41) is 6.54. The van der Waals surface area contributed by atoms with Crippen molar-refractivity contribution in [3.63, 3.8) is 0 Å². The van der Waals surface area contributed by atoms with Crippen LogP contribution < -0.4 is 10.6 Å². The Morgan fingerprint density at radius 3 is 2.26 bits per heavy atom. The molecule has 0 aliphatic heterocycles. The average Bonchev–Trinajstić information content (AvgIpc) is 3.77. The van der Waals surface area contributed by atoms with Crippen LogP contribution in [0, 0.1) is 0 Å². The third-order valence-corrected chi connectivity index (χ3v) is 8.84. The Morgan fingerprint density at radius 1 is 0.860 bits per heavy atom. The number of nitrogens with one attached hydrogen (secondary N) is 2. The summed E-state index contributed by atoms with van der Waals surface area (Å²) in [6.45, 7) is 3.47. The van der Waals surface area contributed by atoms with E-state index in [-0.39, 0.29) is 12.5 Å². The van der Waals surface area contributed by atoms with Gasteiger partial charge in [-0.3, -0.25) is 14.1 Å². The molecule has 3 N–H and O–H groups in total. The van der Waals surface area contributed by atoms with Crippen LogP contribution in [0.15, 0.2) is 143 Å². The predicted molar refractivity (Wildman–Crippen MR) is 195 cm³/mol. The van der Waals surface area contributed by atoms with Crippen molar-refractivity contribution in [2.45, 2.75) is 12.3 Å². The fraction of sp³-hybridized carbons (Fsp3) is 0.100. The zero-order chi connectivity index (χ0) is 35.1. The van der Waals surface area contributed by atoms with E-state index in [0.717, 1.165) is 44.5 Å². The molecule has 6 aromatic rings. The molecule has 9 nitrogen and oxygen atoms in total. The van der Waals surface area contributed by atoms with Crippen molar-refractivity contribution in [3.05, 3.63) is 156 Å². The van der Waals surface area contributed by atoms with E-state index in [0.29, 0.717) is 23.4 Å². The molecule has 1 unspecified atom stereocenters. The predicted octanol–water partition coefficient (Wildman–Crippen LogP) is 8.14. The Labute approximate surface area is 289 Å². The van der Waals surface area contributed by atoms with Gasteiger partial charge in [-0.2, -0.15) is 8.42 Å². The molecule has 0 aliphatic rings. The molecule has 1 atom stereocenters. The lowest BCUT2D eigenvalue weighted by molar-refractivity contribution is -0.117. The summed E-state index contributed by atoms with van der Waals surface area (Å²) in [4.78, 5) is 26.4. The first kappa shape index (κ1) is 33.9. The van der Waals surface area contributed by atoms with Gasteiger partial charge in [-0.1, -0.05) is 79.4 Å². The van der Waals surface area contributed by atoms with Gasteiger partial charge in [-0.25, -0.2) is 0 Å². The van der Waals surface area contributed by atoms with E-state index in [1.54, 1.807) is 36.6 Å². The topological polar surface area (TPSA) is 139 Å². The Morgan fingerprint density at radius 2 is 1.56 bits per heavy atom. The first-order valence-electron chi connectivity index (χ1n) is 15.9. The second kappa shape index (κ2) is 15.1. The van der Waals surface area contributed by atoms with Crippen molar-refractivity contribution in [1.82, 2.24) is 5.32 Å². The van der Waals surface area contributed by atoms with Crippen molar-refractivity contribution in [2.24, 2.45) is 0 Å². The third-order valence-electron chi connectivity index (χ3n) is 8.12. The number of hydrogen-bond acceptors (Lipinski definition) is 6. The van der Waals surface area contributed by atoms with Crippen LogP contribution in [0.4, 0.5) is 5.69 Å². The highest BCUT2D eigenvalue weighted by atomic mass is 32.2. The molecule has 2 heterocycles. The number of rotatable bonds is 13. The van der Waals surface area contributed by atoms with Gasteiger partial charge in [0, 0.05) is 39.9 Å². The van der Waals surface area contributed by atoms with Crippen molar-refractivity contribution >= 4 is 44.7 Å². The molecule has 2 amide bonds. The molecule has 0 bridgehead atoms. The number of fused-ring (bicyclic) bond motifs is 1. The van der Waals surface area contributed by atoms with E-state index in [1.807, 2.05) is 97.1 Å². The molecule has 50 heavy (non-hydrogen) atoms. The molecule has 4 aromatic carbocycles. The van der Waals surface area contributed by atoms with Crippen LogP contribution in [-0.4, -0.2) is 37.1 Å². The second-order valence-electron chi connectivity index (χ2n) is 11.7. The number of benzene rings is 4. The summed E-state index contributed by atoms with van der Waals surface area (Å²) in [5.41, 5.74) is 6.00. The zero-order valence-corrected chi connectivity index (χ0v) is 27.7. The summed E-state index contributed by atoms with van der Waals surface area (Å²) < 4.78 is 42.6. The Balaban J connectivity index is 1.21. The number of para-hydroxylation sites is 1. The highest BCUT2D eigenvalue weighted by molar-refractivity contribution is 7.85. The van der Waals surface area contributed by atoms with Crippen LogP contribution in [0.25, 0.3) is 39.7 Å². The monoisotopic (exact) mass is 686 g/mol. The summed E-state index contributed by atoms with van der Waals surface area (Å²) in [6, 6.07) is 33.6. The van der Waals surface area contributed by atoms with E-state index in [2.05, 4.69) is 17.2 Å². The minimum atomic E-state index is -4.19. The number of carbonyl (C=O) groups excluding carboxylic acids is 2. The standard InChI is InChI=1S/C40H34N2O7S/c1-2-3-6-28-24-37(48-26-28)30-17-19-34(20-18-30)42-40(44)35(23-27-9-11-32(12-10-27)39(43)41-21-22-50(45,46)47)29-13-15-31(16-14-29)38-25-33-7-4-5-8-36(33)49-38/h2-20,24-26,35H,1,21-23H2,(H,41,43)(H,42,44)(H,45,46,47). The number of carbonyl (C=O) groups is 2. The summed E-state index contributed by atoms with van der Waals surface area (Å²) in [5.74, 6) is -0.426. The molecule has 10 heteroatoms. The van der Waals surface area contributed by atoms with Crippen LogP contribution in [-0.2, 0) is 21.3 Å². The van der Waals surface area contributed by atoms with E-state index >= 15 is 0 Å². The maximum absolute atomic E-state index is 13.9. The molecule has 2 aromatic heterocycles. The summed E-state index contributed by atoms with van der Waals surface area (Å²) >= 11 is 0. The summed E-state index contributed by atoms with van der Waals surface area (Å²) in [7, 11) is -4.19. The Bertz CT molecular complexity index is 2230. The zero-order valence-electron chi connectivity index (χ0n) is 26.9. The largest absolute Gasteiger partial charge is 0.464 e. The van der Waals surface area contributed by atoms with Gasteiger partial charge in [0.2, 0.25) is 5.91 Å². The van der Waals surface area contributed by atoms with Gasteiger partial charge in [-0.15, -0.1) is 0 Å². The molecule has 0 spiro atoms. The van der Waals surface area contributed by atoms with Gasteiger partial charge in [-0.05, 0) is 72.1 Å². The van der Waals surface area contributed by atoms with Crippen LogP contribution in [0.3, 0.4) is 0 Å². The van der Waals surface area contributed by atoms with Crippen molar-refractivity contribution in [2.75, 3.05) is 17.6 Å². The molecule has 0 fully saturated rings. The lowest BCUT2D eigenvalue weighted by Gasteiger charge is -2.18. The smallest absolute Gasteiger partial charge is 0.266 e. The maximum Gasteiger partial charge on any atom is 0.266 e. The highest BCUT2D eigenvalue weighted by Gasteiger charge is 2.22. The minimum Gasteiger partial charge on any atom is -0.464 e. The van der Waals surface area contributed by atoms with Crippen LogP contribution in [0.1, 0.15) is 33.0 Å². The quantitative estimate of drug-likeness (QED) is 0.0823. The third kappa shape index (κ3) is 8.54. The van der Waals surface area contributed by atoms with Gasteiger partial charge < -0.3 is 19.5 Å². The number of amides is 2. The normalized spacial score (nSPS) is 12.2. The number of furan rings is 2. The summed E-state index contributed by atoms with van der Waals surface area (Å²) in [6.07, 6.45) is 7.43. The fourth-order valence-corrected chi connectivity index (χ4v) is 5.87. The van der Waals surface area contributed by atoms with Gasteiger partial charge in [0.25, 0.3) is 16.0 Å². The number of anilines is 1. The Kier molecular flexibility index (Phi) is 10.2. The van der Waals surface area contributed by atoms with Gasteiger partial charge in [0.15, 0.2) is 0 Å². The van der Waals surface area contributed by atoms with Gasteiger partial charge in [0.05, 0.1) is 17.9 Å². The van der Waals surface area contributed by atoms with Gasteiger partial charge >= 0.3 is 0 Å². The van der Waals surface area contributed by atoms with Crippen molar-refractivity contribution in [3.8, 4) is 22.6 Å². The van der Waals surface area contributed by atoms with E-state index in [1.165, 1.54) is 0 Å². The molecule has 6 rings (SSSR count). The molecule has 0 aliphatic carbocycles. The first-order valence-corrected chi connectivity index (χ1v) is 17.5. The second-order valence-corrected chi connectivity index (χ2v) is 13.2. The molecular weight excluding hydrogens is 653 g/mol. The van der Waals surface area contributed by atoms with Crippen molar-refractivity contribution in [1.29, 1.82) is 0 Å². The maximum atomic E-state index is 13.9. The van der Waals surface area contributed by atoms with E-state index < -0.39 is 27.7 Å².